The highest BCUT2D eigenvalue weighted by Gasteiger charge is 2.08. The Morgan fingerprint density at radius 3 is 1.21 bits per heavy atom. The van der Waals surface area contributed by atoms with Crippen molar-refractivity contribution in [3.05, 3.63) is 143 Å². The molecule has 0 spiro atoms. The molecule has 168 valence electrons. The van der Waals surface area contributed by atoms with E-state index in [1.54, 1.807) is 24.3 Å². The van der Waals surface area contributed by atoms with E-state index in [2.05, 4.69) is 0 Å². The molecule has 0 aromatic heterocycles. The van der Waals surface area contributed by atoms with Crippen molar-refractivity contribution < 1.29 is 19.1 Å². The SMILES string of the molecule is O=C(OCc1ccccc1)c1ccc(/C=C/c2ccc(C(=O)OCc3ccccc3)cc2)cc1. The van der Waals surface area contributed by atoms with Crippen LogP contribution >= 0.6 is 0 Å². The van der Waals surface area contributed by atoms with Crippen molar-refractivity contribution in [3.8, 4) is 0 Å². The van der Waals surface area contributed by atoms with Crippen LogP contribution in [-0.2, 0) is 22.7 Å². The molecule has 0 aliphatic carbocycles. The van der Waals surface area contributed by atoms with Gasteiger partial charge in [0.15, 0.2) is 0 Å². The second kappa shape index (κ2) is 11.4. The zero-order chi connectivity index (χ0) is 23.6. The van der Waals surface area contributed by atoms with Crippen LogP contribution in [0.25, 0.3) is 12.2 Å². The molecule has 4 aromatic carbocycles. The second-order valence-electron chi connectivity index (χ2n) is 7.70. The number of rotatable bonds is 8. The van der Waals surface area contributed by atoms with Crippen molar-refractivity contribution in [3.63, 3.8) is 0 Å². The predicted octanol–water partition coefficient (Wildman–Crippen LogP) is 6.57. The number of carbonyl (C=O) groups excluding carboxylic acids is 2. The van der Waals surface area contributed by atoms with Crippen molar-refractivity contribution in [2.24, 2.45) is 0 Å². The molecule has 4 nitrogen and oxygen atoms in total. The van der Waals surface area contributed by atoms with E-state index in [0.717, 1.165) is 22.3 Å². The van der Waals surface area contributed by atoms with Crippen LogP contribution < -0.4 is 0 Å². The molecule has 0 radical (unpaired) electrons. The molecule has 4 rings (SSSR count). The van der Waals surface area contributed by atoms with Crippen LogP contribution in [0.2, 0.25) is 0 Å². The summed E-state index contributed by atoms with van der Waals surface area (Å²) in [6.45, 7) is 0.494. The van der Waals surface area contributed by atoms with E-state index < -0.39 is 0 Å². The van der Waals surface area contributed by atoms with Crippen molar-refractivity contribution in [2.45, 2.75) is 13.2 Å². The van der Waals surface area contributed by atoms with Crippen LogP contribution in [0.5, 0.6) is 0 Å². The summed E-state index contributed by atoms with van der Waals surface area (Å²) in [6.07, 6.45) is 3.89. The third-order valence-electron chi connectivity index (χ3n) is 5.19. The van der Waals surface area contributed by atoms with Gasteiger partial charge in [0.2, 0.25) is 0 Å². The Labute approximate surface area is 199 Å². The summed E-state index contributed by atoms with van der Waals surface area (Å²) >= 11 is 0. The van der Waals surface area contributed by atoms with Gasteiger partial charge in [0, 0.05) is 0 Å². The second-order valence-corrected chi connectivity index (χ2v) is 7.70. The maximum Gasteiger partial charge on any atom is 0.338 e. The fourth-order valence-electron chi connectivity index (χ4n) is 3.27. The monoisotopic (exact) mass is 448 g/mol. The number of esters is 2. The van der Waals surface area contributed by atoms with Gasteiger partial charge in [-0.05, 0) is 46.5 Å². The van der Waals surface area contributed by atoms with Crippen molar-refractivity contribution in [2.75, 3.05) is 0 Å². The Balaban J connectivity index is 1.29. The quantitative estimate of drug-likeness (QED) is 0.226. The number of hydrogen-bond acceptors (Lipinski definition) is 4. The van der Waals surface area contributed by atoms with E-state index >= 15 is 0 Å². The van der Waals surface area contributed by atoms with Gasteiger partial charge in [-0.3, -0.25) is 0 Å². The number of benzene rings is 4. The molecule has 4 heteroatoms. The average molecular weight is 449 g/mol. The molecule has 0 N–H and O–H groups in total. The summed E-state index contributed by atoms with van der Waals surface area (Å²) in [7, 11) is 0. The van der Waals surface area contributed by atoms with Gasteiger partial charge in [-0.15, -0.1) is 0 Å². The molecular weight excluding hydrogens is 424 g/mol. The van der Waals surface area contributed by atoms with Crippen LogP contribution in [0.1, 0.15) is 43.0 Å². The van der Waals surface area contributed by atoms with E-state index in [4.69, 9.17) is 9.47 Å². The Bertz CT molecular complexity index is 1140. The first-order valence-corrected chi connectivity index (χ1v) is 11.0. The Hall–Kier alpha value is -4.44. The fourth-order valence-corrected chi connectivity index (χ4v) is 3.27. The molecule has 34 heavy (non-hydrogen) atoms. The van der Waals surface area contributed by atoms with Crippen LogP contribution in [0, 0.1) is 0 Å². The summed E-state index contributed by atoms with van der Waals surface area (Å²) in [4.78, 5) is 24.5. The van der Waals surface area contributed by atoms with Gasteiger partial charge in [-0.25, -0.2) is 9.59 Å². The van der Waals surface area contributed by atoms with E-state index in [1.807, 2.05) is 97.1 Å². The van der Waals surface area contributed by atoms with Gasteiger partial charge in [-0.2, -0.15) is 0 Å². The largest absolute Gasteiger partial charge is 0.457 e. The molecule has 4 aromatic rings. The summed E-state index contributed by atoms with van der Waals surface area (Å²) in [6, 6.07) is 33.6. The molecule has 0 aliphatic heterocycles. The maximum absolute atomic E-state index is 12.2. The van der Waals surface area contributed by atoms with Gasteiger partial charge < -0.3 is 9.47 Å². The van der Waals surface area contributed by atoms with Crippen LogP contribution in [0.15, 0.2) is 109 Å². The molecule has 0 amide bonds. The minimum Gasteiger partial charge on any atom is -0.457 e. The average Bonchev–Trinajstić information content (AvgIpc) is 2.91. The Kier molecular flexibility index (Phi) is 7.65. The Morgan fingerprint density at radius 1 is 0.500 bits per heavy atom. The lowest BCUT2D eigenvalue weighted by molar-refractivity contribution is 0.0464. The smallest absolute Gasteiger partial charge is 0.338 e. The minimum absolute atomic E-state index is 0.247. The molecule has 0 heterocycles. The Morgan fingerprint density at radius 2 is 0.853 bits per heavy atom. The van der Waals surface area contributed by atoms with Gasteiger partial charge in [0.05, 0.1) is 11.1 Å². The molecule has 0 unspecified atom stereocenters. The van der Waals surface area contributed by atoms with E-state index in [1.165, 1.54) is 0 Å². The highest BCUT2D eigenvalue weighted by molar-refractivity contribution is 5.90. The summed E-state index contributed by atoms with van der Waals surface area (Å²) in [5, 5.41) is 0. The van der Waals surface area contributed by atoms with E-state index in [0.29, 0.717) is 11.1 Å². The molecular formula is C30H24O4. The van der Waals surface area contributed by atoms with E-state index in [9.17, 15) is 9.59 Å². The van der Waals surface area contributed by atoms with Gasteiger partial charge in [0.25, 0.3) is 0 Å². The first kappa shape index (κ1) is 22.7. The van der Waals surface area contributed by atoms with Crippen molar-refractivity contribution in [1.29, 1.82) is 0 Å². The number of ether oxygens (including phenoxy) is 2. The lowest BCUT2D eigenvalue weighted by Crippen LogP contribution is -2.05. The summed E-state index contributed by atoms with van der Waals surface area (Å²) in [5.41, 5.74) is 4.81. The zero-order valence-corrected chi connectivity index (χ0v) is 18.6. The third kappa shape index (κ3) is 6.53. The van der Waals surface area contributed by atoms with Crippen molar-refractivity contribution in [1.82, 2.24) is 0 Å². The van der Waals surface area contributed by atoms with E-state index in [-0.39, 0.29) is 25.2 Å². The highest BCUT2D eigenvalue weighted by atomic mass is 16.5. The lowest BCUT2D eigenvalue weighted by Gasteiger charge is -2.05. The summed E-state index contributed by atoms with van der Waals surface area (Å²) in [5.74, 6) is -0.705. The molecule has 0 saturated heterocycles. The van der Waals surface area contributed by atoms with Crippen LogP contribution in [0.4, 0.5) is 0 Å². The van der Waals surface area contributed by atoms with Crippen LogP contribution in [-0.4, -0.2) is 11.9 Å². The number of hydrogen-bond donors (Lipinski definition) is 0. The molecule has 0 bridgehead atoms. The van der Waals surface area contributed by atoms with Gasteiger partial charge >= 0.3 is 11.9 Å². The first-order chi connectivity index (χ1) is 16.7. The number of carbonyl (C=O) groups is 2. The molecule has 0 aliphatic rings. The maximum atomic E-state index is 12.2. The fraction of sp³-hybridized carbons (Fsp3) is 0.0667. The highest BCUT2D eigenvalue weighted by Crippen LogP contribution is 2.14. The van der Waals surface area contributed by atoms with Gasteiger partial charge in [-0.1, -0.05) is 97.1 Å². The summed E-state index contributed by atoms with van der Waals surface area (Å²) < 4.78 is 10.7. The molecule has 0 fully saturated rings. The third-order valence-corrected chi connectivity index (χ3v) is 5.19. The standard InChI is InChI=1S/C30H24O4/c31-29(33-21-25-7-3-1-4-8-25)27-17-13-23(14-18-27)11-12-24-15-19-28(20-16-24)30(32)34-22-26-9-5-2-6-10-26/h1-20H,21-22H2/b12-11+. The van der Waals surface area contributed by atoms with Gasteiger partial charge in [0.1, 0.15) is 13.2 Å². The molecule has 0 atom stereocenters. The predicted molar refractivity (Wildman–Crippen MR) is 133 cm³/mol. The first-order valence-electron chi connectivity index (χ1n) is 11.0. The lowest BCUT2D eigenvalue weighted by atomic mass is 10.1. The normalized spacial score (nSPS) is 10.7. The topological polar surface area (TPSA) is 52.6 Å². The van der Waals surface area contributed by atoms with Crippen LogP contribution in [0.3, 0.4) is 0 Å². The molecule has 0 saturated carbocycles. The zero-order valence-electron chi connectivity index (χ0n) is 18.6. The minimum atomic E-state index is -0.353. The van der Waals surface area contributed by atoms with Crippen molar-refractivity contribution >= 4 is 24.1 Å².